The number of nitrogens with zero attached hydrogens (tertiary/aromatic N) is 2. The number of rotatable bonds is 1. The molecule has 1 aromatic heterocycles. The maximum absolute atomic E-state index is 6.06. The molecule has 0 atom stereocenters. The maximum Gasteiger partial charge on any atom is 0.143 e. The van der Waals surface area contributed by atoms with Gasteiger partial charge in [-0.15, -0.1) is 0 Å². The van der Waals surface area contributed by atoms with Gasteiger partial charge >= 0.3 is 0 Å². The fourth-order valence-electron chi connectivity index (χ4n) is 2.15. The first-order valence-corrected chi connectivity index (χ1v) is 6.50. The Kier molecular flexibility index (Phi) is 2.88. The second-order valence-electron chi connectivity index (χ2n) is 4.33. The fourth-order valence-corrected chi connectivity index (χ4v) is 2.49. The maximum atomic E-state index is 6.06. The number of hydrogen-bond donors (Lipinski definition) is 1. The van der Waals surface area contributed by atoms with Crippen molar-refractivity contribution >= 4 is 39.9 Å². The van der Waals surface area contributed by atoms with Crippen LogP contribution in [-0.4, -0.2) is 9.55 Å². The minimum Gasteiger partial charge on any atom is -0.397 e. The third-order valence-electron chi connectivity index (χ3n) is 3.14. The highest BCUT2D eigenvalue weighted by molar-refractivity contribution is 6.33. The lowest BCUT2D eigenvalue weighted by Gasteiger charge is -2.07. The van der Waals surface area contributed by atoms with E-state index in [-0.39, 0.29) is 0 Å². The monoisotopic (exact) mass is 291 g/mol. The minimum atomic E-state index is 0.530. The van der Waals surface area contributed by atoms with E-state index >= 15 is 0 Å². The summed E-state index contributed by atoms with van der Waals surface area (Å²) < 4.78 is 1.98. The van der Waals surface area contributed by atoms with Gasteiger partial charge in [-0.2, -0.15) is 0 Å². The van der Waals surface area contributed by atoms with Crippen LogP contribution < -0.4 is 5.73 Å². The van der Waals surface area contributed by atoms with Crippen LogP contribution in [0.4, 0.5) is 5.69 Å². The zero-order chi connectivity index (χ0) is 13.6. The van der Waals surface area contributed by atoms with Crippen molar-refractivity contribution in [1.82, 2.24) is 9.55 Å². The number of anilines is 1. The highest BCUT2D eigenvalue weighted by Crippen LogP contribution is 2.32. The number of nitrogen functional groups attached to an aromatic ring is 1. The number of imidazole rings is 1. The molecule has 19 heavy (non-hydrogen) atoms. The molecule has 3 rings (SSSR count). The quantitative estimate of drug-likeness (QED) is 0.685. The number of aromatic nitrogens is 2. The third kappa shape index (κ3) is 1.95. The summed E-state index contributed by atoms with van der Waals surface area (Å²) in [6, 6.07) is 11.1. The summed E-state index contributed by atoms with van der Waals surface area (Å²) in [5.74, 6) is 0.775. The van der Waals surface area contributed by atoms with E-state index in [4.69, 9.17) is 28.9 Å². The molecule has 0 amide bonds. The second kappa shape index (κ2) is 4.44. The molecule has 3 aromatic rings. The Balaban J connectivity index is 2.31. The van der Waals surface area contributed by atoms with Crippen LogP contribution >= 0.6 is 23.2 Å². The normalized spacial score (nSPS) is 11.1. The average Bonchev–Trinajstić information content (AvgIpc) is 2.69. The molecule has 0 bridgehead atoms. The van der Waals surface area contributed by atoms with Crippen molar-refractivity contribution in [3.8, 4) is 11.4 Å². The standard InChI is InChI=1S/C14H11Cl2N3/c1-19-12-6-5-8(15)7-11(12)18-14(19)9-3-2-4-10(16)13(9)17/h2-7H,17H2,1H3. The van der Waals surface area contributed by atoms with E-state index in [0.717, 1.165) is 22.4 Å². The first-order valence-electron chi connectivity index (χ1n) is 5.74. The summed E-state index contributed by atoms with van der Waals surface area (Å²) in [6.45, 7) is 0. The molecule has 0 radical (unpaired) electrons. The summed E-state index contributed by atoms with van der Waals surface area (Å²) in [4.78, 5) is 4.59. The van der Waals surface area contributed by atoms with Crippen LogP contribution in [-0.2, 0) is 7.05 Å². The lowest BCUT2D eigenvalue weighted by molar-refractivity contribution is 0.960. The minimum absolute atomic E-state index is 0.530. The largest absolute Gasteiger partial charge is 0.397 e. The molecule has 0 saturated carbocycles. The second-order valence-corrected chi connectivity index (χ2v) is 5.17. The molecule has 5 heteroatoms. The molecule has 96 valence electrons. The highest BCUT2D eigenvalue weighted by Gasteiger charge is 2.13. The lowest BCUT2D eigenvalue weighted by atomic mass is 10.1. The van der Waals surface area contributed by atoms with Crippen molar-refractivity contribution in [2.24, 2.45) is 7.05 Å². The molecule has 0 fully saturated rings. The van der Waals surface area contributed by atoms with Gasteiger partial charge in [0, 0.05) is 17.6 Å². The molecule has 0 aliphatic carbocycles. The smallest absolute Gasteiger partial charge is 0.143 e. The third-order valence-corrected chi connectivity index (χ3v) is 3.70. The van der Waals surface area contributed by atoms with Crippen LogP contribution in [0, 0.1) is 0 Å². The van der Waals surface area contributed by atoms with Crippen molar-refractivity contribution in [2.75, 3.05) is 5.73 Å². The van der Waals surface area contributed by atoms with Gasteiger partial charge in [-0.05, 0) is 30.3 Å². The van der Waals surface area contributed by atoms with Crippen molar-refractivity contribution in [3.63, 3.8) is 0 Å². The van der Waals surface area contributed by atoms with Gasteiger partial charge in [-0.3, -0.25) is 0 Å². The number of hydrogen-bond acceptors (Lipinski definition) is 2. The van der Waals surface area contributed by atoms with E-state index in [1.165, 1.54) is 0 Å². The molecular formula is C14H11Cl2N3. The highest BCUT2D eigenvalue weighted by atomic mass is 35.5. The summed E-state index contributed by atoms with van der Waals surface area (Å²) in [5.41, 5.74) is 9.22. The molecule has 1 heterocycles. The Morgan fingerprint density at radius 1 is 1.16 bits per heavy atom. The van der Waals surface area contributed by atoms with Crippen molar-refractivity contribution in [1.29, 1.82) is 0 Å². The molecule has 0 aliphatic heterocycles. The van der Waals surface area contributed by atoms with Gasteiger partial charge in [0.05, 0.1) is 21.7 Å². The van der Waals surface area contributed by atoms with E-state index in [0.29, 0.717) is 15.7 Å². The summed E-state index contributed by atoms with van der Waals surface area (Å²) in [5, 5.41) is 1.19. The Morgan fingerprint density at radius 3 is 2.74 bits per heavy atom. The zero-order valence-electron chi connectivity index (χ0n) is 10.2. The first kappa shape index (κ1) is 12.3. The van der Waals surface area contributed by atoms with Gasteiger partial charge in [0.2, 0.25) is 0 Å². The van der Waals surface area contributed by atoms with Crippen LogP contribution in [0.2, 0.25) is 10.0 Å². The molecule has 2 N–H and O–H groups in total. The van der Waals surface area contributed by atoms with Gasteiger partial charge in [0.25, 0.3) is 0 Å². The SMILES string of the molecule is Cn1c(-c2cccc(Cl)c2N)nc2cc(Cl)ccc21. The van der Waals surface area contributed by atoms with Crippen LogP contribution in [0.15, 0.2) is 36.4 Å². The molecule has 0 aliphatic rings. The Bertz CT molecular complexity index is 778. The summed E-state index contributed by atoms with van der Waals surface area (Å²) in [6.07, 6.45) is 0. The van der Waals surface area contributed by atoms with Gasteiger partial charge in [0.1, 0.15) is 5.82 Å². The van der Waals surface area contributed by atoms with Gasteiger partial charge in [-0.25, -0.2) is 4.98 Å². The predicted octanol–water partition coefficient (Wildman–Crippen LogP) is 4.13. The zero-order valence-corrected chi connectivity index (χ0v) is 11.7. The summed E-state index contributed by atoms with van der Waals surface area (Å²) in [7, 11) is 1.94. The molecular weight excluding hydrogens is 281 g/mol. The van der Waals surface area contributed by atoms with E-state index < -0.39 is 0 Å². The number of aryl methyl sites for hydroxylation is 1. The Hall–Kier alpha value is -1.71. The number of halogens is 2. The van der Waals surface area contributed by atoms with Gasteiger partial charge < -0.3 is 10.3 Å². The molecule has 2 aromatic carbocycles. The molecule has 3 nitrogen and oxygen atoms in total. The fraction of sp³-hybridized carbons (Fsp3) is 0.0714. The molecule has 0 unspecified atom stereocenters. The van der Waals surface area contributed by atoms with E-state index in [1.807, 2.05) is 41.9 Å². The number of fused-ring (bicyclic) bond motifs is 1. The van der Waals surface area contributed by atoms with Gasteiger partial charge in [-0.1, -0.05) is 29.3 Å². The first-order chi connectivity index (χ1) is 9.08. The van der Waals surface area contributed by atoms with E-state index in [2.05, 4.69) is 4.98 Å². The lowest BCUT2D eigenvalue weighted by Crippen LogP contribution is -1.97. The van der Waals surface area contributed by atoms with Crippen LogP contribution in [0.1, 0.15) is 0 Å². The average molecular weight is 292 g/mol. The Morgan fingerprint density at radius 2 is 1.95 bits per heavy atom. The Labute approximate surface area is 120 Å². The van der Waals surface area contributed by atoms with E-state index in [1.54, 1.807) is 6.07 Å². The number of benzene rings is 2. The molecule has 0 saturated heterocycles. The van der Waals surface area contributed by atoms with E-state index in [9.17, 15) is 0 Å². The molecule has 0 spiro atoms. The topological polar surface area (TPSA) is 43.8 Å². The van der Waals surface area contributed by atoms with Crippen molar-refractivity contribution in [2.45, 2.75) is 0 Å². The van der Waals surface area contributed by atoms with Crippen LogP contribution in [0.25, 0.3) is 22.4 Å². The predicted molar refractivity (Wildman–Crippen MR) is 80.6 cm³/mol. The van der Waals surface area contributed by atoms with Crippen LogP contribution in [0.3, 0.4) is 0 Å². The van der Waals surface area contributed by atoms with Crippen LogP contribution in [0.5, 0.6) is 0 Å². The number of para-hydroxylation sites is 1. The van der Waals surface area contributed by atoms with Crippen molar-refractivity contribution in [3.05, 3.63) is 46.4 Å². The number of nitrogens with two attached hydrogens (primary N) is 1. The van der Waals surface area contributed by atoms with Gasteiger partial charge in [0.15, 0.2) is 0 Å². The summed E-state index contributed by atoms with van der Waals surface area (Å²) >= 11 is 12.0. The van der Waals surface area contributed by atoms with Crippen molar-refractivity contribution < 1.29 is 0 Å².